The molecule has 0 radical (unpaired) electrons. The van der Waals surface area contributed by atoms with Crippen molar-refractivity contribution < 1.29 is 0 Å². The van der Waals surface area contributed by atoms with E-state index in [1.165, 1.54) is 58.3 Å². The minimum atomic E-state index is -0.615. The van der Waals surface area contributed by atoms with E-state index in [0.29, 0.717) is 5.82 Å². The molecule has 4 aromatic heterocycles. The van der Waals surface area contributed by atoms with Gasteiger partial charge in [0, 0.05) is 53.5 Å². The van der Waals surface area contributed by atoms with Gasteiger partial charge in [0.1, 0.15) is 0 Å². The molecule has 13 aromatic carbocycles. The molecule has 3 aliphatic rings. The molecular formula is C91H57N5S3. The number of anilines is 6. The Hall–Kier alpha value is -11.9. The molecule has 8 heteroatoms. The summed E-state index contributed by atoms with van der Waals surface area (Å²) in [5.41, 5.74) is 28.1. The largest absolute Gasteiger partial charge is 0.309 e. The molecule has 0 unspecified atom stereocenters. The van der Waals surface area contributed by atoms with E-state index >= 15 is 0 Å². The first-order valence-corrected chi connectivity index (χ1v) is 36.1. The van der Waals surface area contributed by atoms with Gasteiger partial charge in [-0.15, -0.1) is 22.7 Å². The normalized spacial score (nSPS) is 13.1. The Bertz CT molecular complexity index is 5740. The average Bonchev–Trinajstić information content (AvgIpc) is 1.53. The Morgan fingerprint density at radius 1 is 0.293 bits per heavy atom. The lowest BCUT2D eigenvalue weighted by Crippen LogP contribution is -2.36. The smallest absolute Gasteiger partial charge is 0.160 e. The van der Waals surface area contributed by atoms with Gasteiger partial charge in [0.2, 0.25) is 0 Å². The Morgan fingerprint density at radius 3 is 1.37 bits per heavy atom. The van der Waals surface area contributed by atoms with Crippen LogP contribution in [0.15, 0.2) is 354 Å². The zero-order valence-electron chi connectivity index (χ0n) is 53.4. The van der Waals surface area contributed by atoms with Gasteiger partial charge in [0.15, 0.2) is 5.82 Å². The molecule has 0 atom stereocenters. The van der Waals surface area contributed by atoms with Crippen LogP contribution in [0.1, 0.15) is 22.3 Å². The number of fused-ring (bicyclic) bond motifs is 15. The summed E-state index contributed by atoms with van der Waals surface area (Å²) in [6.45, 7) is 0. The highest BCUT2D eigenvalue weighted by Crippen LogP contribution is 2.67. The fourth-order valence-electron chi connectivity index (χ4n) is 15.8. The maximum absolute atomic E-state index is 5.77. The molecule has 6 heterocycles. The summed E-state index contributed by atoms with van der Waals surface area (Å²) in [6, 6.07) is 122. The van der Waals surface area contributed by atoms with Crippen LogP contribution in [-0.2, 0) is 5.41 Å². The van der Waals surface area contributed by atoms with Crippen molar-refractivity contribution in [2.75, 3.05) is 9.80 Å². The Morgan fingerprint density at radius 2 is 0.768 bits per heavy atom. The first-order valence-electron chi connectivity index (χ1n) is 33.5. The predicted octanol–water partition coefficient (Wildman–Crippen LogP) is 25.4. The van der Waals surface area contributed by atoms with Crippen molar-refractivity contribution in [2.45, 2.75) is 15.2 Å². The molecular weight excluding hydrogens is 1260 g/mol. The fraction of sp³-hybridized carbons (Fsp3) is 0.0110. The Kier molecular flexibility index (Phi) is 13.4. The van der Waals surface area contributed by atoms with Gasteiger partial charge in [0.05, 0.1) is 61.2 Å². The van der Waals surface area contributed by atoms with Gasteiger partial charge in [0.25, 0.3) is 0 Å². The lowest BCUT2D eigenvalue weighted by Gasteiger charge is -2.45. The lowest BCUT2D eigenvalue weighted by atomic mass is 9.65. The number of hydrogen-bond acceptors (Lipinski definition) is 7. The molecule has 17 aromatic rings. The molecule has 5 nitrogen and oxygen atoms in total. The Balaban J connectivity index is 0.839. The molecule has 0 fully saturated rings. The first-order chi connectivity index (χ1) is 49.1. The van der Waals surface area contributed by atoms with Crippen LogP contribution in [0.5, 0.6) is 0 Å². The van der Waals surface area contributed by atoms with E-state index in [9.17, 15) is 0 Å². The number of aromatic nitrogens is 3. The highest BCUT2D eigenvalue weighted by molar-refractivity contribution is 8.00. The van der Waals surface area contributed by atoms with E-state index in [1.54, 1.807) is 0 Å². The summed E-state index contributed by atoms with van der Waals surface area (Å²) in [5.74, 6) is 0.623. The summed E-state index contributed by atoms with van der Waals surface area (Å²) >= 11 is 5.57. The highest BCUT2D eigenvalue weighted by Gasteiger charge is 2.54. The molecule has 464 valence electrons. The first kappa shape index (κ1) is 57.3. The molecule has 0 saturated carbocycles. The van der Waals surface area contributed by atoms with Crippen molar-refractivity contribution in [3.63, 3.8) is 0 Å². The monoisotopic (exact) mass is 1320 g/mol. The third-order valence-corrected chi connectivity index (χ3v) is 23.3. The van der Waals surface area contributed by atoms with Crippen LogP contribution in [0, 0.1) is 0 Å². The predicted molar refractivity (Wildman–Crippen MR) is 415 cm³/mol. The maximum Gasteiger partial charge on any atom is 0.160 e. The van der Waals surface area contributed by atoms with Crippen molar-refractivity contribution in [1.82, 2.24) is 14.5 Å². The van der Waals surface area contributed by atoms with Crippen molar-refractivity contribution in [3.8, 4) is 93.9 Å². The zero-order valence-corrected chi connectivity index (χ0v) is 55.8. The second-order valence-corrected chi connectivity index (χ2v) is 28.5. The van der Waals surface area contributed by atoms with E-state index in [0.717, 1.165) is 118 Å². The van der Waals surface area contributed by atoms with Gasteiger partial charge >= 0.3 is 0 Å². The fourth-order valence-corrected chi connectivity index (χ4v) is 19.1. The maximum atomic E-state index is 5.77. The third-order valence-electron chi connectivity index (χ3n) is 20.1. The lowest BCUT2D eigenvalue weighted by molar-refractivity contribution is 0.758. The minimum Gasteiger partial charge on any atom is -0.309 e. The molecule has 0 amide bonds. The summed E-state index contributed by atoms with van der Waals surface area (Å²) in [4.78, 5) is 21.6. The molecule has 20 rings (SSSR count). The summed E-state index contributed by atoms with van der Waals surface area (Å²) in [7, 11) is 0. The molecule has 1 aliphatic carbocycles. The van der Waals surface area contributed by atoms with Crippen LogP contribution >= 0.6 is 34.4 Å². The summed E-state index contributed by atoms with van der Waals surface area (Å²) < 4.78 is 2.54. The Labute approximate surface area is 586 Å². The van der Waals surface area contributed by atoms with Crippen molar-refractivity contribution >= 4 is 90.4 Å². The number of hydrogen-bond donors (Lipinski definition) is 0. The molecule has 2 aliphatic heterocycles. The minimum absolute atomic E-state index is 0.615. The summed E-state index contributed by atoms with van der Waals surface area (Å²) in [5, 5.41) is 6.96. The number of thiophene rings is 2. The van der Waals surface area contributed by atoms with E-state index in [1.807, 2.05) is 34.4 Å². The van der Waals surface area contributed by atoms with E-state index < -0.39 is 5.41 Å². The van der Waals surface area contributed by atoms with E-state index in [-0.39, 0.29) is 0 Å². The van der Waals surface area contributed by atoms with Crippen LogP contribution < -0.4 is 9.80 Å². The molecule has 1 spiro atoms. The average molecular weight is 1320 g/mol. The van der Waals surface area contributed by atoms with Crippen molar-refractivity contribution in [3.05, 3.63) is 367 Å². The van der Waals surface area contributed by atoms with Crippen LogP contribution in [-0.4, -0.2) is 14.5 Å². The molecule has 0 N–H and O–H groups in total. The van der Waals surface area contributed by atoms with Crippen molar-refractivity contribution in [2.24, 2.45) is 0 Å². The van der Waals surface area contributed by atoms with Crippen LogP contribution in [0.3, 0.4) is 0 Å². The van der Waals surface area contributed by atoms with Gasteiger partial charge in [-0.25, -0.2) is 9.97 Å². The van der Waals surface area contributed by atoms with Crippen LogP contribution in [0.4, 0.5) is 34.1 Å². The second-order valence-electron chi connectivity index (χ2n) is 25.6. The molecule has 0 saturated heterocycles. The van der Waals surface area contributed by atoms with Gasteiger partial charge in [-0.2, -0.15) is 0 Å². The van der Waals surface area contributed by atoms with Gasteiger partial charge in [-0.3, -0.25) is 0 Å². The quantitative estimate of drug-likeness (QED) is 0.136. The number of rotatable bonds is 10. The SMILES string of the molecule is c1ccc(-c2cc(-c3ccccc3)cc(-c3cc(-c4cc(-c5ccccc5)cc(-c5ccccc5)c4)nc(-c4cccc(N5c6ccccc6C6(c7ccsc7-c7sccc76)c6ccc7c(c65)c5ccccc5n7-c5cccc6c5Sc5ccccc5N6c5ccccc5)c4)n3)c2)cc1. The number of para-hydroxylation sites is 4. The van der Waals surface area contributed by atoms with Gasteiger partial charge in [-0.1, -0.05) is 224 Å². The zero-order chi connectivity index (χ0) is 65.1. The molecule has 99 heavy (non-hydrogen) atoms. The van der Waals surface area contributed by atoms with E-state index in [4.69, 9.17) is 9.97 Å². The van der Waals surface area contributed by atoms with Gasteiger partial charge in [-0.05, 0) is 199 Å². The highest BCUT2D eigenvalue weighted by atomic mass is 32.2. The standard InChI is InChI=1S/C91H57N5S3/c1-6-24-58(25-7-1)63-50-64(59-26-8-2-9-27-59)53-67(52-63)76-57-77(68-54-65(60-28-10-3-11-29-60)51-66(55-68)61-30-12-4-13-31-61)93-90(92-76)62-32-22-35-70(56-62)95-79-39-19-17-37-72(79)91(74-46-48-97-87(74)88-75(91)47-49-98-88)73-44-45-81-85(86(73)95)71-36-16-18-38-78(71)96(81)83-42-23-41-82-89(83)99-84-43-21-20-40-80(84)94(82)69-33-14-5-15-34-69/h1-57H. The van der Waals surface area contributed by atoms with Crippen LogP contribution in [0.25, 0.3) is 116 Å². The number of nitrogens with zero attached hydrogens (tertiary/aromatic N) is 5. The van der Waals surface area contributed by atoms with Crippen molar-refractivity contribution in [1.29, 1.82) is 0 Å². The summed E-state index contributed by atoms with van der Waals surface area (Å²) in [6.07, 6.45) is 0. The van der Waals surface area contributed by atoms with Gasteiger partial charge < -0.3 is 14.4 Å². The third kappa shape index (κ3) is 9.14. The van der Waals surface area contributed by atoms with Crippen LogP contribution in [0.2, 0.25) is 0 Å². The topological polar surface area (TPSA) is 37.2 Å². The molecule has 0 bridgehead atoms. The number of benzene rings is 13. The van der Waals surface area contributed by atoms with E-state index in [2.05, 4.69) is 359 Å². The second kappa shape index (κ2) is 23.1.